The molecule has 1 atom stereocenters. The molecular formula is C28H35N2O7P. The van der Waals surface area contributed by atoms with Crippen molar-refractivity contribution < 1.29 is 34.1 Å². The monoisotopic (exact) mass is 542 g/mol. The van der Waals surface area contributed by atoms with Crippen molar-refractivity contribution in [3.63, 3.8) is 0 Å². The zero-order valence-corrected chi connectivity index (χ0v) is 22.6. The number of hydrogen-bond acceptors (Lipinski definition) is 8. The molecule has 0 aliphatic carbocycles. The van der Waals surface area contributed by atoms with E-state index in [1.54, 1.807) is 18.2 Å². The highest BCUT2D eigenvalue weighted by molar-refractivity contribution is 7.39. The predicted octanol–water partition coefficient (Wildman–Crippen LogP) is 2.74. The van der Waals surface area contributed by atoms with Crippen molar-refractivity contribution in [1.82, 2.24) is 9.80 Å². The maximum absolute atomic E-state index is 12.9. The summed E-state index contributed by atoms with van der Waals surface area (Å²) in [4.78, 5) is 50.8. The SMILES string of the molecule is CN1CC(=O)OCPCC(=O)CN(Cc2cc(CCC(=O)O)ccc2O)Cc2ccc(CCC=O)cc2C1. The van der Waals surface area contributed by atoms with Gasteiger partial charge in [-0.25, -0.2) is 0 Å². The number of ketones is 1. The summed E-state index contributed by atoms with van der Waals surface area (Å²) in [6, 6.07) is 11.1. The Balaban J connectivity index is 1.92. The lowest BCUT2D eigenvalue weighted by molar-refractivity contribution is -0.142. The lowest BCUT2D eigenvalue weighted by Crippen LogP contribution is -2.32. The summed E-state index contributed by atoms with van der Waals surface area (Å²) in [5.74, 6) is -1.11. The molecule has 0 amide bonds. The molecule has 9 nitrogen and oxygen atoms in total. The van der Waals surface area contributed by atoms with Gasteiger partial charge in [-0.2, -0.15) is 0 Å². The fourth-order valence-electron chi connectivity index (χ4n) is 4.42. The van der Waals surface area contributed by atoms with Crippen LogP contribution < -0.4 is 0 Å². The van der Waals surface area contributed by atoms with Crippen molar-refractivity contribution >= 4 is 32.6 Å². The topological polar surface area (TPSA) is 124 Å². The number of hydrogen-bond donors (Lipinski definition) is 2. The number of carboxylic acids is 1. The molecule has 2 aromatic rings. The van der Waals surface area contributed by atoms with Crippen LogP contribution in [0.25, 0.3) is 0 Å². The normalized spacial score (nSPS) is 17.0. The number of carboxylic acid groups (broad SMARTS) is 1. The van der Waals surface area contributed by atoms with Crippen LogP contribution >= 0.6 is 8.58 Å². The fraction of sp³-hybridized carbons (Fsp3) is 0.429. The summed E-state index contributed by atoms with van der Waals surface area (Å²) in [6.07, 6.45) is 2.76. The van der Waals surface area contributed by atoms with Gasteiger partial charge in [-0.3, -0.25) is 24.2 Å². The molecule has 2 aromatic carbocycles. The van der Waals surface area contributed by atoms with E-state index in [0.717, 1.165) is 28.5 Å². The average molecular weight is 543 g/mol. The van der Waals surface area contributed by atoms with E-state index in [2.05, 4.69) is 0 Å². The highest BCUT2D eigenvalue weighted by Crippen LogP contribution is 2.24. The Morgan fingerprint density at radius 2 is 1.79 bits per heavy atom. The first-order chi connectivity index (χ1) is 18.2. The van der Waals surface area contributed by atoms with E-state index in [1.165, 1.54) is 0 Å². The number of rotatable bonds is 8. The molecule has 3 rings (SSSR count). The number of aldehydes is 1. The molecule has 0 aromatic heterocycles. The van der Waals surface area contributed by atoms with Crippen LogP contribution in [0.15, 0.2) is 36.4 Å². The van der Waals surface area contributed by atoms with Gasteiger partial charge in [0.15, 0.2) is 5.78 Å². The maximum atomic E-state index is 12.9. The van der Waals surface area contributed by atoms with E-state index in [4.69, 9.17) is 9.84 Å². The van der Waals surface area contributed by atoms with Gasteiger partial charge in [0.25, 0.3) is 0 Å². The molecule has 1 aliphatic rings. The summed E-state index contributed by atoms with van der Waals surface area (Å²) in [5, 5.41) is 19.6. The van der Waals surface area contributed by atoms with Crippen molar-refractivity contribution in [2.24, 2.45) is 0 Å². The molecule has 0 fully saturated rings. The molecule has 10 heteroatoms. The zero-order chi connectivity index (χ0) is 27.5. The first-order valence-electron chi connectivity index (χ1n) is 12.6. The molecule has 204 valence electrons. The third-order valence-electron chi connectivity index (χ3n) is 6.28. The number of phenols is 1. The van der Waals surface area contributed by atoms with Crippen molar-refractivity contribution in [2.75, 3.05) is 32.6 Å². The van der Waals surface area contributed by atoms with Crippen LogP contribution in [0.4, 0.5) is 0 Å². The Bertz CT molecular complexity index is 1150. The number of aliphatic carboxylic acids is 1. The molecule has 0 spiro atoms. The van der Waals surface area contributed by atoms with Crippen LogP contribution in [0.1, 0.15) is 40.7 Å². The third-order valence-corrected chi connectivity index (χ3v) is 7.27. The number of Topliss-reactive ketones (excluding diaryl/α,β-unsaturated/α-hetero) is 1. The van der Waals surface area contributed by atoms with Gasteiger partial charge in [-0.15, -0.1) is 0 Å². The van der Waals surface area contributed by atoms with Crippen molar-refractivity contribution in [1.29, 1.82) is 0 Å². The van der Waals surface area contributed by atoms with Crippen LogP contribution in [-0.2, 0) is 56.4 Å². The van der Waals surface area contributed by atoms with Crippen molar-refractivity contribution in [2.45, 2.75) is 45.3 Å². The molecule has 0 bridgehead atoms. The van der Waals surface area contributed by atoms with E-state index < -0.39 is 5.97 Å². The Kier molecular flexibility index (Phi) is 11.4. The zero-order valence-electron chi connectivity index (χ0n) is 21.6. The largest absolute Gasteiger partial charge is 0.508 e. The number of cyclic esters (lactones) is 1. The number of ether oxygens (including phenoxy) is 1. The van der Waals surface area contributed by atoms with Gasteiger partial charge < -0.3 is 19.7 Å². The van der Waals surface area contributed by atoms with Gasteiger partial charge in [0.1, 0.15) is 18.4 Å². The fourth-order valence-corrected chi connectivity index (χ4v) is 5.18. The minimum Gasteiger partial charge on any atom is -0.508 e. The number of phenolic OH excluding ortho intramolecular Hbond substituents is 1. The minimum absolute atomic E-state index is 0.00869. The quantitative estimate of drug-likeness (QED) is 0.294. The summed E-state index contributed by atoms with van der Waals surface area (Å²) in [5.41, 5.74) is 4.41. The van der Waals surface area contributed by atoms with Crippen LogP contribution in [0.2, 0.25) is 0 Å². The second-order valence-corrected chi connectivity index (χ2v) is 10.8. The number of aromatic hydroxyl groups is 1. The third kappa shape index (κ3) is 9.63. The molecular weight excluding hydrogens is 507 g/mol. The molecule has 0 saturated carbocycles. The standard InChI is InChI=1S/C28H35N2O7P/c1-29-13-23-11-20(3-2-10-31)4-7-22(23)14-30(16-25(32)18-38-19-37-28(36)17-29)15-24-12-21(5-8-26(24)33)6-9-27(34)35/h4-5,7-8,10-12,33,38H,2-3,6,9,13-19H2,1H3,(H,34,35). The van der Waals surface area contributed by atoms with Crippen LogP contribution in [0, 0.1) is 0 Å². The molecule has 1 heterocycles. The Morgan fingerprint density at radius 1 is 1.03 bits per heavy atom. The summed E-state index contributed by atoms with van der Waals surface area (Å²) in [7, 11) is 2.02. The van der Waals surface area contributed by atoms with Crippen LogP contribution in [-0.4, -0.2) is 76.7 Å². The van der Waals surface area contributed by atoms with Gasteiger partial charge in [0.2, 0.25) is 0 Å². The van der Waals surface area contributed by atoms with Gasteiger partial charge in [-0.1, -0.05) is 38.9 Å². The van der Waals surface area contributed by atoms with Gasteiger partial charge >= 0.3 is 11.9 Å². The van der Waals surface area contributed by atoms with Crippen molar-refractivity contribution in [3.8, 4) is 5.75 Å². The molecule has 1 aliphatic heterocycles. The molecule has 0 saturated heterocycles. The maximum Gasteiger partial charge on any atom is 0.320 e. The Labute approximate surface area is 224 Å². The lowest BCUT2D eigenvalue weighted by Gasteiger charge is -2.26. The number of esters is 1. The molecule has 2 N–H and O–H groups in total. The van der Waals surface area contributed by atoms with E-state index in [9.17, 15) is 24.3 Å². The highest BCUT2D eigenvalue weighted by Gasteiger charge is 2.19. The number of fused-ring (bicyclic) bond motifs is 1. The smallest absolute Gasteiger partial charge is 0.320 e. The lowest BCUT2D eigenvalue weighted by atomic mass is 9.99. The number of benzene rings is 2. The predicted molar refractivity (Wildman–Crippen MR) is 144 cm³/mol. The van der Waals surface area contributed by atoms with Gasteiger partial charge in [0.05, 0.1) is 13.1 Å². The van der Waals surface area contributed by atoms with E-state index in [-0.39, 0.29) is 51.9 Å². The summed E-state index contributed by atoms with van der Waals surface area (Å²) < 4.78 is 5.31. The number of carbonyl (C=O) groups excluding carboxylic acids is 3. The van der Waals surface area contributed by atoms with Gasteiger partial charge in [0, 0.05) is 44.2 Å². The second kappa shape index (κ2) is 14.7. The molecule has 0 radical (unpaired) electrons. The summed E-state index contributed by atoms with van der Waals surface area (Å²) >= 11 is 0. The van der Waals surface area contributed by atoms with Crippen LogP contribution in [0.5, 0.6) is 5.75 Å². The van der Waals surface area contributed by atoms with E-state index >= 15 is 0 Å². The average Bonchev–Trinajstić information content (AvgIpc) is 2.86. The van der Waals surface area contributed by atoms with E-state index in [0.29, 0.717) is 50.6 Å². The second-order valence-electron chi connectivity index (χ2n) is 9.61. The minimum atomic E-state index is -0.888. The molecule has 1 unspecified atom stereocenters. The Morgan fingerprint density at radius 3 is 2.55 bits per heavy atom. The van der Waals surface area contributed by atoms with Crippen molar-refractivity contribution in [3.05, 3.63) is 64.2 Å². The van der Waals surface area contributed by atoms with E-state index in [1.807, 2.05) is 35.0 Å². The summed E-state index contributed by atoms with van der Waals surface area (Å²) in [6.45, 7) is 1.51. The van der Waals surface area contributed by atoms with Crippen LogP contribution in [0.3, 0.4) is 0 Å². The molecule has 38 heavy (non-hydrogen) atoms. The highest BCUT2D eigenvalue weighted by atomic mass is 31.1. The first kappa shape index (κ1) is 29.4. The number of nitrogens with zero attached hydrogens (tertiary/aromatic N) is 2. The number of carbonyl (C=O) groups is 4. The number of likely N-dealkylation sites (N-methyl/N-ethyl adjacent to an activating group) is 1. The number of aryl methyl sites for hydroxylation is 2. The first-order valence-corrected chi connectivity index (χ1v) is 14.0. The Hall–Kier alpha value is -3.13. The van der Waals surface area contributed by atoms with Gasteiger partial charge in [-0.05, 0) is 48.2 Å².